The fraction of sp³-hybridized carbons (Fsp3) is 0.708. The molecule has 0 aromatic carbocycles. The molecule has 0 aromatic rings. The highest BCUT2D eigenvalue weighted by Gasteiger charge is 2.62. The fourth-order valence-corrected chi connectivity index (χ4v) is 7.97. The molecule has 0 amide bonds. The van der Waals surface area contributed by atoms with Crippen molar-refractivity contribution in [1.82, 2.24) is 0 Å². The Morgan fingerprint density at radius 2 is 1.90 bits per heavy atom. The van der Waals surface area contributed by atoms with E-state index in [1.165, 1.54) is 11.8 Å². The Morgan fingerprint density at radius 3 is 2.52 bits per heavy atom. The maximum atomic E-state index is 12.6. The van der Waals surface area contributed by atoms with Crippen LogP contribution in [-0.4, -0.2) is 26.7 Å². The second kappa shape index (κ2) is 6.48. The molecule has 4 rings (SSSR count). The highest BCUT2D eigenvalue weighted by atomic mass is 32.2. The lowest BCUT2D eigenvalue weighted by Crippen LogP contribution is -2.51. The molecule has 5 heteroatoms. The summed E-state index contributed by atoms with van der Waals surface area (Å²) in [6.07, 6.45) is 14.1. The molecule has 0 N–H and O–H groups in total. The Bertz CT molecular complexity index is 969. The third-order valence-electron chi connectivity index (χ3n) is 9.01. The van der Waals surface area contributed by atoms with E-state index in [1.807, 2.05) is 0 Å². The molecule has 0 spiro atoms. The Hall–Kier alpha value is -1.54. The molecule has 0 heterocycles. The van der Waals surface area contributed by atoms with Gasteiger partial charge in [-0.05, 0) is 66.9 Å². The third-order valence-corrected chi connectivity index (χ3v) is 10.8. The van der Waals surface area contributed by atoms with Gasteiger partial charge < -0.3 is 4.74 Å². The van der Waals surface area contributed by atoms with E-state index in [0.717, 1.165) is 49.9 Å². The number of rotatable bonds is 3. The van der Waals surface area contributed by atoms with Crippen LogP contribution in [0.15, 0.2) is 35.1 Å². The Morgan fingerprint density at radius 1 is 1.17 bits per heavy atom. The molecular weight excluding hydrogens is 382 g/mol. The van der Waals surface area contributed by atoms with Gasteiger partial charge in [0.1, 0.15) is 0 Å². The van der Waals surface area contributed by atoms with Gasteiger partial charge in [-0.15, -0.1) is 0 Å². The number of nitrogens with zero attached hydrogens (tertiary/aromatic N) is 1. The monoisotopic (exact) mass is 415 g/mol. The molecule has 1 fully saturated rings. The summed E-state index contributed by atoms with van der Waals surface area (Å²) < 4.78 is 30.7. The summed E-state index contributed by atoms with van der Waals surface area (Å²) in [6, 6.07) is 0. The third kappa shape index (κ3) is 2.71. The molecule has 0 aromatic heterocycles. The zero-order valence-electron chi connectivity index (χ0n) is 18.3. The largest absolute Gasteiger partial charge is 0.501 e. The molecule has 158 valence electrons. The number of hydrogen-bond acceptors (Lipinski definition) is 3. The molecule has 1 saturated carbocycles. The summed E-state index contributed by atoms with van der Waals surface area (Å²) in [5.41, 5.74) is 2.26. The number of fused-ring (bicyclic) bond motifs is 5. The minimum absolute atomic E-state index is 0.176. The number of allylic oxidation sites excluding steroid dienone is 5. The predicted octanol–water partition coefficient (Wildman–Crippen LogP) is 5.31. The van der Waals surface area contributed by atoms with Gasteiger partial charge in [0.25, 0.3) is 0 Å². The summed E-state index contributed by atoms with van der Waals surface area (Å²) in [4.78, 5) is 2.23. The van der Waals surface area contributed by atoms with Gasteiger partial charge >= 0.3 is 4.87 Å². The van der Waals surface area contributed by atoms with E-state index < -0.39 is 14.7 Å². The van der Waals surface area contributed by atoms with Crippen LogP contribution in [0.1, 0.15) is 59.3 Å². The minimum Gasteiger partial charge on any atom is -0.501 e. The molecule has 4 aliphatic rings. The van der Waals surface area contributed by atoms with E-state index in [0.29, 0.717) is 17.8 Å². The Balaban J connectivity index is 1.71. The van der Waals surface area contributed by atoms with Crippen molar-refractivity contribution >= 4 is 9.84 Å². The summed E-state index contributed by atoms with van der Waals surface area (Å²) in [7, 11) is -1.75. The van der Waals surface area contributed by atoms with Crippen LogP contribution in [0.5, 0.6) is 0 Å². The average molecular weight is 416 g/mol. The number of sulfone groups is 1. The standard InChI is InChI=1S/C24H33NO3S/c1-22-13-11-17(28-5)15-16(22)7-8-18-19-9-10-21(23(19,2)14-12-20(18)22)24(3,25-4)29(6,26)27/h7,10,15,18-20H,8-9,11-14H2,1-3,5-6H3/t18-,19-,20-,22-,23-,24?/m0/s1. The van der Waals surface area contributed by atoms with Gasteiger partial charge in [-0.3, -0.25) is 4.85 Å². The van der Waals surface area contributed by atoms with Gasteiger partial charge in [0, 0.05) is 30.6 Å². The summed E-state index contributed by atoms with van der Waals surface area (Å²) in [5.74, 6) is 2.66. The first kappa shape index (κ1) is 20.7. The minimum atomic E-state index is -3.51. The van der Waals surface area contributed by atoms with E-state index in [9.17, 15) is 8.42 Å². The van der Waals surface area contributed by atoms with Crippen LogP contribution in [0.4, 0.5) is 0 Å². The van der Waals surface area contributed by atoms with Crippen LogP contribution in [0.2, 0.25) is 0 Å². The van der Waals surface area contributed by atoms with E-state index in [4.69, 9.17) is 11.3 Å². The van der Waals surface area contributed by atoms with Crippen LogP contribution in [0.3, 0.4) is 0 Å². The topological polar surface area (TPSA) is 47.7 Å². The first-order valence-electron chi connectivity index (χ1n) is 10.8. The lowest BCUT2D eigenvalue weighted by Gasteiger charge is -2.56. The molecule has 0 saturated heterocycles. The fourth-order valence-electron chi connectivity index (χ4n) is 7.09. The average Bonchev–Trinajstić information content (AvgIpc) is 3.03. The van der Waals surface area contributed by atoms with E-state index >= 15 is 0 Å². The van der Waals surface area contributed by atoms with Crippen molar-refractivity contribution in [3.05, 3.63) is 46.6 Å². The molecule has 0 aliphatic heterocycles. The van der Waals surface area contributed by atoms with E-state index in [-0.39, 0.29) is 10.8 Å². The predicted molar refractivity (Wildman–Crippen MR) is 115 cm³/mol. The highest BCUT2D eigenvalue weighted by molar-refractivity contribution is 7.92. The maximum absolute atomic E-state index is 12.6. The van der Waals surface area contributed by atoms with E-state index in [1.54, 1.807) is 14.0 Å². The second-order valence-corrected chi connectivity index (χ2v) is 12.5. The van der Waals surface area contributed by atoms with Crippen molar-refractivity contribution < 1.29 is 13.2 Å². The van der Waals surface area contributed by atoms with Crippen LogP contribution < -0.4 is 0 Å². The molecule has 0 radical (unpaired) electrons. The van der Waals surface area contributed by atoms with Crippen LogP contribution in [0.25, 0.3) is 4.85 Å². The molecule has 4 aliphatic carbocycles. The summed E-state index contributed by atoms with van der Waals surface area (Å²) >= 11 is 0. The van der Waals surface area contributed by atoms with Gasteiger partial charge in [-0.2, -0.15) is 0 Å². The van der Waals surface area contributed by atoms with Gasteiger partial charge in [0.15, 0.2) is 0 Å². The van der Waals surface area contributed by atoms with Gasteiger partial charge in [0.2, 0.25) is 9.84 Å². The highest BCUT2D eigenvalue weighted by Crippen LogP contribution is 2.66. The SMILES string of the molecule is [C-]#[N+]C(C)(C1=CC[C@H]2[C@@H]3CC=C4C=C(OC)CC[C@]4(C)[C@H]3CC[C@]12C)S(C)(=O)=O. The van der Waals surface area contributed by atoms with Crippen molar-refractivity contribution in [2.75, 3.05) is 13.4 Å². The maximum Gasteiger partial charge on any atom is 0.347 e. The van der Waals surface area contributed by atoms with E-state index in [2.05, 4.69) is 36.9 Å². The normalized spacial score (nSPS) is 40.8. The molecule has 1 unspecified atom stereocenters. The summed E-state index contributed by atoms with van der Waals surface area (Å²) in [6.45, 7) is 14.0. The van der Waals surface area contributed by atoms with Crippen molar-refractivity contribution in [3.8, 4) is 0 Å². The molecule has 29 heavy (non-hydrogen) atoms. The zero-order valence-corrected chi connectivity index (χ0v) is 19.1. The van der Waals surface area contributed by atoms with Crippen molar-refractivity contribution in [1.29, 1.82) is 0 Å². The first-order chi connectivity index (χ1) is 13.5. The lowest BCUT2D eigenvalue weighted by atomic mass is 9.48. The number of hydrogen-bond donors (Lipinski definition) is 0. The summed E-state index contributed by atoms with van der Waals surface area (Å²) in [5, 5.41) is 0. The zero-order chi connectivity index (χ0) is 21.2. The lowest BCUT2D eigenvalue weighted by molar-refractivity contribution is -0.0131. The van der Waals surface area contributed by atoms with Crippen molar-refractivity contribution in [2.24, 2.45) is 28.6 Å². The van der Waals surface area contributed by atoms with Crippen LogP contribution in [0, 0.1) is 35.2 Å². The Labute approximate surface area is 175 Å². The quantitative estimate of drug-likeness (QED) is 0.464. The van der Waals surface area contributed by atoms with Gasteiger partial charge in [-0.25, -0.2) is 15.0 Å². The molecule has 0 bridgehead atoms. The molecular formula is C24H33NO3S. The Kier molecular flexibility index (Phi) is 4.63. The number of ether oxygens (including phenoxy) is 1. The van der Waals surface area contributed by atoms with Crippen LogP contribution >= 0.6 is 0 Å². The van der Waals surface area contributed by atoms with Gasteiger partial charge in [0.05, 0.1) is 12.9 Å². The van der Waals surface area contributed by atoms with Crippen molar-refractivity contribution in [2.45, 2.75) is 64.2 Å². The molecule has 4 nitrogen and oxygen atoms in total. The van der Waals surface area contributed by atoms with Crippen molar-refractivity contribution in [3.63, 3.8) is 0 Å². The first-order valence-corrected chi connectivity index (χ1v) is 12.6. The van der Waals surface area contributed by atoms with Crippen LogP contribution in [-0.2, 0) is 14.6 Å². The molecule has 6 atom stereocenters. The second-order valence-electron chi connectivity index (χ2n) is 10.2. The van der Waals surface area contributed by atoms with Gasteiger partial charge in [-0.1, -0.05) is 26.0 Å². The number of methoxy groups -OCH3 is 1. The smallest absolute Gasteiger partial charge is 0.347 e.